The summed E-state index contributed by atoms with van der Waals surface area (Å²) >= 11 is 12.5. The van der Waals surface area contributed by atoms with Crippen LogP contribution in [0.2, 0.25) is 10.0 Å². The van der Waals surface area contributed by atoms with Gasteiger partial charge in [0.05, 0.1) is 20.6 Å². The van der Waals surface area contributed by atoms with E-state index in [-0.39, 0.29) is 23.4 Å². The van der Waals surface area contributed by atoms with Gasteiger partial charge in [0.25, 0.3) is 10.0 Å². The van der Waals surface area contributed by atoms with Gasteiger partial charge in [-0.25, -0.2) is 8.42 Å². The molecular formula is C33H39Cl2N3O4S. The molecular weight excluding hydrogens is 605 g/mol. The summed E-state index contributed by atoms with van der Waals surface area (Å²) in [6.07, 6.45) is 5.40. The fourth-order valence-electron chi connectivity index (χ4n) is 5.54. The monoisotopic (exact) mass is 643 g/mol. The standard InChI is InChI=1S/C33H39Cl2N3O4S/c1-4-30(33(40)36-26-13-7-5-8-14-26)37(21-25-18-19-28(34)29(35)20-25)32(39)22-38(31-17-11-12-23(2)24(31)3)43(41,42)27-15-9-6-10-16-27/h6,9-12,15-20,26,30H,4-5,7-8,13-14,21-22H2,1-3H3,(H,36,40). The topological polar surface area (TPSA) is 86.8 Å². The molecule has 1 unspecified atom stereocenters. The molecule has 0 spiro atoms. The van der Waals surface area contributed by atoms with Gasteiger partial charge in [-0.1, -0.05) is 85.8 Å². The second kappa shape index (κ2) is 14.6. The van der Waals surface area contributed by atoms with Crippen molar-refractivity contribution in [2.75, 3.05) is 10.8 Å². The van der Waals surface area contributed by atoms with Crippen molar-refractivity contribution in [2.24, 2.45) is 0 Å². The van der Waals surface area contributed by atoms with Crippen LogP contribution in [0, 0.1) is 13.8 Å². The highest BCUT2D eigenvalue weighted by Crippen LogP contribution is 2.30. The summed E-state index contributed by atoms with van der Waals surface area (Å²) in [5, 5.41) is 3.86. The quantitative estimate of drug-likeness (QED) is 0.242. The van der Waals surface area contributed by atoms with Crippen molar-refractivity contribution in [1.82, 2.24) is 10.2 Å². The molecule has 3 aromatic rings. The Morgan fingerprint density at radius 3 is 2.28 bits per heavy atom. The highest BCUT2D eigenvalue weighted by molar-refractivity contribution is 7.92. The van der Waals surface area contributed by atoms with Gasteiger partial charge in [0.2, 0.25) is 11.8 Å². The van der Waals surface area contributed by atoms with Gasteiger partial charge < -0.3 is 10.2 Å². The van der Waals surface area contributed by atoms with Crippen molar-refractivity contribution in [3.05, 3.63) is 93.5 Å². The lowest BCUT2D eigenvalue weighted by Crippen LogP contribution is -2.54. The summed E-state index contributed by atoms with van der Waals surface area (Å²) in [5.74, 6) is -0.746. The Kier molecular flexibility index (Phi) is 11.2. The van der Waals surface area contributed by atoms with E-state index in [2.05, 4.69) is 5.32 Å². The van der Waals surface area contributed by atoms with E-state index in [1.54, 1.807) is 48.5 Å². The summed E-state index contributed by atoms with van der Waals surface area (Å²) in [7, 11) is -4.14. The molecule has 1 aliphatic rings. The molecule has 0 radical (unpaired) electrons. The second-order valence-corrected chi connectivity index (χ2v) is 13.8. The number of carbonyl (C=O) groups excluding carboxylic acids is 2. The van der Waals surface area contributed by atoms with Crippen LogP contribution in [0.5, 0.6) is 0 Å². The van der Waals surface area contributed by atoms with Gasteiger partial charge in [-0.05, 0) is 80.1 Å². The minimum Gasteiger partial charge on any atom is -0.352 e. The number of amides is 2. The number of sulfonamides is 1. The van der Waals surface area contributed by atoms with Gasteiger partial charge in [0.15, 0.2) is 0 Å². The Hall–Kier alpha value is -3.07. The molecule has 1 aliphatic carbocycles. The lowest BCUT2D eigenvalue weighted by atomic mass is 9.95. The van der Waals surface area contributed by atoms with Gasteiger partial charge in [-0.3, -0.25) is 13.9 Å². The first-order valence-corrected chi connectivity index (χ1v) is 16.9. The summed E-state index contributed by atoms with van der Waals surface area (Å²) in [6, 6.07) is 17.7. The van der Waals surface area contributed by atoms with E-state index in [0.717, 1.165) is 47.5 Å². The van der Waals surface area contributed by atoms with Gasteiger partial charge in [0, 0.05) is 12.6 Å². The van der Waals surface area contributed by atoms with E-state index in [0.29, 0.717) is 27.7 Å². The lowest BCUT2D eigenvalue weighted by Gasteiger charge is -2.35. The number of aryl methyl sites for hydroxylation is 1. The zero-order chi connectivity index (χ0) is 31.1. The molecule has 0 bridgehead atoms. The third kappa shape index (κ3) is 7.91. The first-order chi connectivity index (χ1) is 20.5. The van der Waals surface area contributed by atoms with E-state index in [1.165, 1.54) is 17.0 Å². The molecule has 0 heterocycles. The third-order valence-electron chi connectivity index (χ3n) is 8.13. The van der Waals surface area contributed by atoms with Gasteiger partial charge in [0.1, 0.15) is 12.6 Å². The zero-order valence-electron chi connectivity index (χ0n) is 24.9. The maximum atomic E-state index is 14.3. The smallest absolute Gasteiger partial charge is 0.264 e. The highest BCUT2D eigenvalue weighted by Gasteiger charge is 2.35. The number of benzene rings is 3. The number of halogens is 2. The molecule has 230 valence electrons. The molecule has 2 amide bonds. The van der Waals surface area contributed by atoms with Crippen molar-refractivity contribution >= 4 is 50.7 Å². The Balaban J connectivity index is 1.74. The first-order valence-electron chi connectivity index (χ1n) is 14.7. The highest BCUT2D eigenvalue weighted by atomic mass is 35.5. The normalized spacial score (nSPS) is 14.6. The minimum atomic E-state index is -4.14. The molecule has 4 rings (SSSR count). The third-order valence-corrected chi connectivity index (χ3v) is 10.6. The SMILES string of the molecule is CCC(C(=O)NC1CCCCC1)N(Cc1ccc(Cl)c(Cl)c1)C(=O)CN(c1cccc(C)c1C)S(=O)(=O)c1ccccc1. The number of hydrogen-bond acceptors (Lipinski definition) is 4. The van der Waals surface area contributed by atoms with Crippen LogP contribution in [0.3, 0.4) is 0 Å². The van der Waals surface area contributed by atoms with Crippen LogP contribution in [-0.4, -0.2) is 43.8 Å². The number of rotatable bonds is 11. The average Bonchev–Trinajstić information content (AvgIpc) is 3.00. The number of nitrogens with zero attached hydrogens (tertiary/aromatic N) is 2. The van der Waals surface area contributed by atoms with Crippen molar-refractivity contribution < 1.29 is 18.0 Å². The van der Waals surface area contributed by atoms with Crippen LogP contribution in [0.15, 0.2) is 71.6 Å². The van der Waals surface area contributed by atoms with E-state index in [1.807, 2.05) is 26.8 Å². The van der Waals surface area contributed by atoms with Crippen molar-refractivity contribution in [1.29, 1.82) is 0 Å². The summed E-state index contributed by atoms with van der Waals surface area (Å²) in [5.41, 5.74) is 2.72. The summed E-state index contributed by atoms with van der Waals surface area (Å²) < 4.78 is 29.3. The van der Waals surface area contributed by atoms with Crippen LogP contribution in [0.25, 0.3) is 0 Å². The minimum absolute atomic E-state index is 0.0539. The van der Waals surface area contributed by atoms with Gasteiger partial charge in [-0.15, -0.1) is 0 Å². The molecule has 1 atom stereocenters. The first kappa shape index (κ1) is 32.8. The van der Waals surface area contributed by atoms with E-state index >= 15 is 0 Å². The predicted molar refractivity (Wildman–Crippen MR) is 173 cm³/mol. The van der Waals surface area contributed by atoms with E-state index in [4.69, 9.17) is 23.2 Å². The molecule has 43 heavy (non-hydrogen) atoms. The maximum Gasteiger partial charge on any atom is 0.264 e. The number of hydrogen-bond donors (Lipinski definition) is 1. The molecule has 0 aliphatic heterocycles. The molecule has 0 saturated heterocycles. The number of nitrogens with one attached hydrogen (secondary N) is 1. The largest absolute Gasteiger partial charge is 0.352 e. The second-order valence-electron chi connectivity index (χ2n) is 11.1. The maximum absolute atomic E-state index is 14.3. The average molecular weight is 645 g/mol. The number of carbonyl (C=O) groups is 2. The fraction of sp³-hybridized carbons (Fsp3) is 0.394. The molecule has 1 N–H and O–H groups in total. The van der Waals surface area contributed by atoms with Gasteiger partial charge >= 0.3 is 0 Å². The summed E-state index contributed by atoms with van der Waals surface area (Å²) in [4.78, 5) is 29.6. The molecule has 3 aromatic carbocycles. The van der Waals surface area contributed by atoms with Crippen LogP contribution in [-0.2, 0) is 26.2 Å². The van der Waals surface area contributed by atoms with Gasteiger partial charge in [-0.2, -0.15) is 0 Å². The molecule has 10 heteroatoms. The lowest BCUT2D eigenvalue weighted by molar-refractivity contribution is -0.140. The molecule has 7 nitrogen and oxygen atoms in total. The molecule has 1 fully saturated rings. The Morgan fingerprint density at radius 1 is 0.930 bits per heavy atom. The Bertz CT molecular complexity index is 1540. The van der Waals surface area contributed by atoms with Crippen molar-refractivity contribution in [2.45, 2.75) is 82.8 Å². The molecule has 0 aromatic heterocycles. The van der Waals surface area contributed by atoms with Crippen molar-refractivity contribution in [3.63, 3.8) is 0 Å². The molecule has 1 saturated carbocycles. The summed E-state index contributed by atoms with van der Waals surface area (Å²) in [6.45, 7) is 5.15. The zero-order valence-corrected chi connectivity index (χ0v) is 27.2. The fourth-order valence-corrected chi connectivity index (χ4v) is 7.35. The van der Waals surface area contributed by atoms with E-state index < -0.39 is 28.5 Å². The Morgan fingerprint density at radius 2 is 1.63 bits per heavy atom. The van der Waals surface area contributed by atoms with Crippen LogP contribution >= 0.6 is 23.2 Å². The van der Waals surface area contributed by atoms with Crippen LogP contribution in [0.4, 0.5) is 5.69 Å². The predicted octanol–water partition coefficient (Wildman–Crippen LogP) is 7.06. The van der Waals surface area contributed by atoms with Crippen LogP contribution in [0.1, 0.15) is 62.1 Å². The van der Waals surface area contributed by atoms with Crippen molar-refractivity contribution in [3.8, 4) is 0 Å². The van der Waals surface area contributed by atoms with E-state index in [9.17, 15) is 18.0 Å². The van der Waals surface area contributed by atoms with Crippen LogP contribution < -0.4 is 9.62 Å². The number of anilines is 1. The Labute approximate surface area is 265 Å².